The van der Waals surface area contributed by atoms with Crippen LogP contribution >= 0.6 is 0 Å². The van der Waals surface area contributed by atoms with Crippen molar-refractivity contribution in [2.75, 3.05) is 11.6 Å². The number of nitrogens with zero attached hydrogens (tertiary/aromatic N) is 5. The van der Waals surface area contributed by atoms with Crippen molar-refractivity contribution in [2.24, 2.45) is 5.14 Å². The zero-order valence-electron chi connectivity index (χ0n) is 14.4. The largest absolute Gasteiger partial charge is 0.380 e. The molecule has 9 nitrogen and oxygen atoms in total. The van der Waals surface area contributed by atoms with Crippen LogP contribution in [0.25, 0.3) is 0 Å². The third-order valence-corrected chi connectivity index (χ3v) is 4.21. The van der Waals surface area contributed by atoms with Gasteiger partial charge < -0.3 is 4.18 Å². The van der Waals surface area contributed by atoms with Gasteiger partial charge in [-0.1, -0.05) is 6.07 Å². The van der Waals surface area contributed by atoms with Crippen LogP contribution in [-0.4, -0.2) is 29.8 Å². The molecule has 2 N–H and O–H groups in total. The highest BCUT2D eigenvalue weighted by atomic mass is 32.2. The van der Waals surface area contributed by atoms with Crippen molar-refractivity contribution >= 4 is 16.0 Å². The summed E-state index contributed by atoms with van der Waals surface area (Å²) in [6.45, 7) is 0.429. The average Bonchev–Trinajstić information content (AvgIpc) is 3.18. The van der Waals surface area contributed by atoms with Crippen LogP contribution in [0.2, 0.25) is 0 Å². The number of nitriles is 1. The molecule has 0 atom stereocenters. The summed E-state index contributed by atoms with van der Waals surface area (Å²) >= 11 is 0. The fraction of sp³-hybridized carbons (Fsp3) is 0.118. The Hall–Kier alpha value is -3.49. The van der Waals surface area contributed by atoms with E-state index in [4.69, 9.17) is 10.4 Å². The zero-order chi connectivity index (χ0) is 20.1. The molecule has 3 rings (SSSR count). The molecule has 1 heterocycles. The summed E-state index contributed by atoms with van der Waals surface area (Å²) in [6, 6.07) is 12.9. The number of hydrogen-bond acceptors (Lipinski definition) is 7. The van der Waals surface area contributed by atoms with Crippen molar-refractivity contribution < 1.29 is 17.0 Å². The van der Waals surface area contributed by atoms with Crippen LogP contribution in [0.3, 0.4) is 0 Å². The predicted octanol–water partition coefficient (Wildman–Crippen LogP) is 1.38. The molecule has 0 bridgehead atoms. The van der Waals surface area contributed by atoms with E-state index in [9.17, 15) is 12.8 Å². The van der Waals surface area contributed by atoms with Gasteiger partial charge in [-0.3, -0.25) is 5.01 Å². The number of halogens is 1. The minimum absolute atomic E-state index is 0.421. The molecule has 0 fully saturated rings. The van der Waals surface area contributed by atoms with E-state index in [2.05, 4.69) is 20.4 Å². The molecule has 1 aromatic heterocycles. The van der Waals surface area contributed by atoms with Crippen LogP contribution < -0.4 is 14.3 Å². The normalized spacial score (nSPS) is 11.0. The third-order valence-electron chi connectivity index (χ3n) is 3.79. The fourth-order valence-electron chi connectivity index (χ4n) is 2.53. The Morgan fingerprint density at radius 3 is 2.43 bits per heavy atom. The highest BCUT2D eigenvalue weighted by Gasteiger charge is 2.13. The van der Waals surface area contributed by atoms with Gasteiger partial charge in [0.2, 0.25) is 0 Å². The Labute approximate surface area is 160 Å². The van der Waals surface area contributed by atoms with E-state index >= 15 is 0 Å². The SMILES string of the molecule is N#Cc1ccc(N(CCc2ccc(OS(N)(=O)=O)c(F)c2)n2cnnc2)cc1. The average molecular weight is 402 g/mol. The van der Waals surface area contributed by atoms with Crippen molar-refractivity contribution in [3.63, 3.8) is 0 Å². The van der Waals surface area contributed by atoms with Crippen molar-refractivity contribution in [3.8, 4) is 11.8 Å². The molecule has 2 aromatic carbocycles. The molecule has 0 saturated carbocycles. The topological polar surface area (TPSA) is 127 Å². The zero-order valence-corrected chi connectivity index (χ0v) is 15.3. The van der Waals surface area contributed by atoms with E-state index in [1.54, 1.807) is 35.0 Å². The van der Waals surface area contributed by atoms with Crippen molar-refractivity contribution in [2.45, 2.75) is 6.42 Å². The van der Waals surface area contributed by atoms with Gasteiger partial charge in [0, 0.05) is 6.54 Å². The summed E-state index contributed by atoms with van der Waals surface area (Å²) in [5, 5.41) is 23.1. The summed E-state index contributed by atoms with van der Waals surface area (Å²) in [5.74, 6) is -1.30. The van der Waals surface area contributed by atoms with Gasteiger partial charge in [-0.15, -0.1) is 10.2 Å². The Morgan fingerprint density at radius 1 is 1.18 bits per heavy atom. The summed E-state index contributed by atoms with van der Waals surface area (Å²) in [4.78, 5) is 0. The van der Waals surface area contributed by atoms with Crippen LogP contribution in [0.4, 0.5) is 10.1 Å². The van der Waals surface area contributed by atoms with Crippen LogP contribution in [0.5, 0.6) is 5.75 Å². The molecule has 0 saturated heterocycles. The maximum absolute atomic E-state index is 14.1. The van der Waals surface area contributed by atoms with E-state index in [-0.39, 0.29) is 0 Å². The summed E-state index contributed by atoms with van der Waals surface area (Å²) in [5.41, 5.74) is 1.93. The summed E-state index contributed by atoms with van der Waals surface area (Å²) in [6.07, 6.45) is 3.45. The first-order chi connectivity index (χ1) is 13.4. The maximum Gasteiger partial charge on any atom is 0.380 e. The highest BCUT2D eigenvalue weighted by Crippen LogP contribution is 2.21. The standard InChI is InChI=1S/C17H15FN6O3S/c18-16-9-13(3-6-17(16)27-28(20,25)26)7-8-24(23-11-21-22-12-23)15-4-1-14(10-19)2-5-15/h1-6,9,11-12H,7-8H2,(H2,20,25,26). The van der Waals surface area contributed by atoms with Crippen LogP contribution in [0, 0.1) is 17.1 Å². The molecule has 28 heavy (non-hydrogen) atoms. The first kappa shape index (κ1) is 19.3. The molecule has 3 aromatic rings. The van der Waals surface area contributed by atoms with Gasteiger partial charge in [0.25, 0.3) is 0 Å². The maximum atomic E-state index is 14.1. The first-order valence-electron chi connectivity index (χ1n) is 7.99. The van der Waals surface area contributed by atoms with Crippen molar-refractivity contribution in [1.29, 1.82) is 5.26 Å². The monoisotopic (exact) mass is 402 g/mol. The molecular formula is C17H15FN6O3S. The Balaban J connectivity index is 1.79. The number of anilines is 1. The molecule has 0 unspecified atom stereocenters. The second-order valence-corrected chi connectivity index (χ2v) is 6.87. The Morgan fingerprint density at radius 2 is 1.86 bits per heavy atom. The Bertz CT molecular complexity index is 1090. The van der Waals surface area contributed by atoms with E-state index < -0.39 is 21.9 Å². The van der Waals surface area contributed by atoms with Crippen LogP contribution in [0.1, 0.15) is 11.1 Å². The number of rotatable bonds is 7. The van der Waals surface area contributed by atoms with Gasteiger partial charge in [0.1, 0.15) is 12.7 Å². The third kappa shape index (κ3) is 4.81. The quantitative estimate of drug-likeness (QED) is 0.632. The smallest absolute Gasteiger partial charge is 0.368 e. The van der Waals surface area contributed by atoms with Gasteiger partial charge in [-0.05, 0) is 48.4 Å². The summed E-state index contributed by atoms with van der Waals surface area (Å²) < 4.78 is 42.0. The van der Waals surface area contributed by atoms with Crippen LogP contribution in [0.15, 0.2) is 55.1 Å². The molecule has 0 aliphatic carbocycles. The molecule has 144 valence electrons. The number of aromatic nitrogens is 3. The molecule has 0 spiro atoms. The Kier molecular flexibility index (Phi) is 5.53. The fourth-order valence-corrected chi connectivity index (χ4v) is 2.92. The molecule has 0 aliphatic rings. The predicted molar refractivity (Wildman–Crippen MR) is 97.8 cm³/mol. The van der Waals surface area contributed by atoms with Crippen molar-refractivity contribution in [1.82, 2.24) is 14.9 Å². The molecule has 0 radical (unpaired) electrons. The van der Waals surface area contributed by atoms with Crippen molar-refractivity contribution in [3.05, 3.63) is 72.1 Å². The lowest BCUT2D eigenvalue weighted by molar-refractivity contribution is 0.462. The van der Waals surface area contributed by atoms with Gasteiger partial charge in [-0.2, -0.15) is 18.8 Å². The lowest BCUT2D eigenvalue weighted by Crippen LogP contribution is -2.30. The van der Waals surface area contributed by atoms with Gasteiger partial charge >= 0.3 is 10.3 Å². The van der Waals surface area contributed by atoms with E-state index in [0.717, 1.165) is 5.69 Å². The van der Waals surface area contributed by atoms with E-state index in [0.29, 0.717) is 24.1 Å². The summed E-state index contributed by atoms with van der Waals surface area (Å²) in [7, 11) is -4.30. The van der Waals surface area contributed by atoms with E-state index in [1.165, 1.54) is 24.8 Å². The van der Waals surface area contributed by atoms with E-state index in [1.807, 2.05) is 5.01 Å². The number of nitrogens with two attached hydrogens (primary N) is 1. The molecular weight excluding hydrogens is 387 g/mol. The first-order valence-corrected chi connectivity index (χ1v) is 9.46. The second-order valence-electron chi connectivity index (χ2n) is 5.71. The lowest BCUT2D eigenvalue weighted by Gasteiger charge is -2.25. The lowest BCUT2D eigenvalue weighted by atomic mass is 10.1. The minimum atomic E-state index is -4.30. The minimum Gasteiger partial charge on any atom is -0.368 e. The van der Waals surface area contributed by atoms with Gasteiger partial charge in [-0.25, -0.2) is 9.07 Å². The van der Waals surface area contributed by atoms with Gasteiger partial charge in [0.15, 0.2) is 11.6 Å². The number of hydrogen-bond donors (Lipinski definition) is 1. The highest BCUT2D eigenvalue weighted by molar-refractivity contribution is 7.84. The molecule has 11 heteroatoms. The second kappa shape index (κ2) is 8.03. The van der Waals surface area contributed by atoms with Gasteiger partial charge in [0.05, 0.1) is 17.3 Å². The molecule has 0 amide bonds. The number of benzene rings is 2. The van der Waals surface area contributed by atoms with Crippen LogP contribution in [-0.2, 0) is 16.7 Å². The molecule has 0 aliphatic heterocycles.